The Morgan fingerprint density at radius 2 is 1.94 bits per heavy atom. The first-order valence-corrected chi connectivity index (χ1v) is 5.54. The molecule has 0 radical (unpaired) electrons. The van der Waals surface area contributed by atoms with Gasteiger partial charge in [0, 0.05) is 0 Å². The number of hydrogen-bond donors (Lipinski definition) is 2. The fourth-order valence-electron chi connectivity index (χ4n) is 1.32. The lowest BCUT2D eigenvalue weighted by atomic mass is 10.1. The highest BCUT2D eigenvalue weighted by molar-refractivity contribution is 5.43. The number of aliphatic hydroxyl groups excluding tert-OH is 1. The van der Waals surface area contributed by atoms with Crippen molar-refractivity contribution < 1.29 is 19.7 Å². The number of ether oxygens (including phenoxy) is 2. The molecule has 1 aromatic rings. The normalized spacial score (nSPS) is 13.3. The van der Waals surface area contributed by atoms with Crippen LogP contribution in [0.15, 0.2) is 18.2 Å². The van der Waals surface area contributed by atoms with Gasteiger partial charge in [-0.3, -0.25) is 0 Å². The van der Waals surface area contributed by atoms with Crippen LogP contribution in [-0.4, -0.2) is 29.5 Å². The zero-order valence-electron chi connectivity index (χ0n) is 10.7. The number of aliphatic hydroxyl groups is 2. The second-order valence-corrected chi connectivity index (χ2v) is 4.69. The van der Waals surface area contributed by atoms with Crippen LogP contribution < -0.4 is 9.47 Å². The Bertz CT molecular complexity index is 366. The van der Waals surface area contributed by atoms with Gasteiger partial charge in [-0.1, -0.05) is 6.07 Å². The van der Waals surface area contributed by atoms with Crippen LogP contribution in [-0.2, 0) is 0 Å². The van der Waals surface area contributed by atoms with E-state index in [1.807, 2.05) is 0 Å². The van der Waals surface area contributed by atoms with Gasteiger partial charge in [0.05, 0.1) is 18.8 Å². The van der Waals surface area contributed by atoms with Gasteiger partial charge in [0.25, 0.3) is 0 Å². The van der Waals surface area contributed by atoms with Crippen LogP contribution in [0.2, 0.25) is 0 Å². The zero-order chi connectivity index (χ0) is 13.1. The molecular weight excluding hydrogens is 220 g/mol. The Balaban J connectivity index is 2.86. The summed E-state index contributed by atoms with van der Waals surface area (Å²) in [6.45, 7) is 5.21. The van der Waals surface area contributed by atoms with Crippen molar-refractivity contribution in [3.8, 4) is 11.5 Å². The van der Waals surface area contributed by atoms with E-state index < -0.39 is 11.7 Å². The Hall–Kier alpha value is -1.26. The molecule has 2 N–H and O–H groups in total. The summed E-state index contributed by atoms with van der Waals surface area (Å²) >= 11 is 0. The van der Waals surface area contributed by atoms with Gasteiger partial charge in [0.1, 0.15) is 6.61 Å². The molecule has 1 rings (SSSR count). The van der Waals surface area contributed by atoms with E-state index in [9.17, 15) is 10.2 Å². The summed E-state index contributed by atoms with van der Waals surface area (Å²) in [7, 11) is 1.54. The van der Waals surface area contributed by atoms with Crippen LogP contribution in [0, 0.1) is 0 Å². The highest BCUT2D eigenvalue weighted by Crippen LogP contribution is 2.30. The van der Waals surface area contributed by atoms with Gasteiger partial charge >= 0.3 is 0 Å². The molecule has 0 aliphatic heterocycles. The monoisotopic (exact) mass is 240 g/mol. The maximum atomic E-state index is 9.58. The summed E-state index contributed by atoms with van der Waals surface area (Å²) in [4.78, 5) is 0. The van der Waals surface area contributed by atoms with Crippen molar-refractivity contribution in [1.82, 2.24) is 0 Å². The summed E-state index contributed by atoms with van der Waals surface area (Å²) < 4.78 is 10.7. The molecule has 4 heteroatoms. The molecule has 1 aromatic carbocycles. The molecule has 0 spiro atoms. The van der Waals surface area contributed by atoms with Crippen molar-refractivity contribution in [3.05, 3.63) is 23.8 Å². The van der Waals surface area contributed by atoms with Crippen LogP contribution in [0.1, 0.15) is 32.4 Å². The van der Waals surface area contributed by atoms with E-state index in [0.29, 0.717) is 11.5 Å². The fourth-order valence-corrected chi connectivity index (χ4v) is 1.32. The molecule has 0 heterocycles. The van der Waals surface area contributed by atoms with Gasteiger partial charge in [-0.05, 0) is 38.5 Å². The minimum atomic E-state index is -0.895. The molecule has 0 amide bonds. The highest BCUT2D eigenvalue weighted by Gasteiger charge is 2.15. The van der Waals surface area contributed by atoms with Crippen molar-refractivity contribution >= 4 is 0 Å². The molecule has 1 unspecified atom stereocenters. The van der Waals surface area contributed by atoms with E-state index in [1.54, 1.807) is 39.0 Å². The summed E-state index contributed by atoms with van der Waals surface area (Å²) in [6.07, 6.45) is -0.549. The molecule has 17 heavy (non-hydrogen) atoms. The Morgan fingerprint density at radius 3 is 2.41 bits per heavy atom. The van der Waals surface area contributed by atoms with Crippen molar-refractivity contribution in [2.45, 2.75) is 32.5 Å². The topological polar surface area (TPSA) is 58.9 Å². The third-order valence-electron chi connectivity index (χ3n) is 2.25. The standard InChI is InChI=1S/C13H20O4/c1-9(14)10-5-6-11(12(7-10)16-4)17-8-13(2,3)15/h5-7,9,14-15H,8H2,1-4H3. The first kappa shape index (κ1) is 13.8. The molecular formula is C13H20O4. The lowest BCUT2D eigenvalue weighted by Crippen LogP contribution is -2.28. The molecule has 0 fully saturated rings. The number of methoxy groups -OCH3 is 1. The van der Waals surface area contributed by atoms with Gasteiger partial charge in [0.2, 0.25) is 0 Å². The quantitative estimate of drug-likeness (QED) is 0.825. The SMILES string of the molecule is COc1cc(C(C)O)ccc1OCC(C)(C)O. The molecule has 96 valence electrons. The largest absolute Gasteiger partial charge is 0.493 e. The van der Waals surface area contributed by atoms with E-state index >= 15 is 0 Å². The third-order valence-corrected chi connectivity index (χ3v) is 2.25. The van der Waals surface area contributed by atoms with E-state index in [1.165, 1.54) is 7.11 Å². The molecule has 0 saturated carbocycles. The predicted molar refractivity (Wildman–Crippen MR) is 65.4 cm³/mol. The Morgan fingerprint density at radius 1 is 1.29 bits per heavy atom. The van der Waals surface area contributed by atoms with Crippen LogP contribution in [0.25, 0.3) is 0 Å². The van der Waals surface area contributed by atoms with Gasteiger partial charge in [0.15, 0.2) is 11.5 Å². The van der Waals surface area contributed by atoms with E-state index in [4.69, 9.17) is 9.47 Å². The average Bonchev–Trinajstić information content (AvgIpc) is 2.24. The third kappa shape index (κ3) is 4.24. The van der Waals surface area contributed by atoms with Crippen LogP contribution >= 0.6 is 0 Å². The summed E-state index contributed by atoms with van der Waals surface area (Å²) in [6, 6.07) is 5.23. The maximum absolute atomic E-state index is 9.58. The summed E-state index contributed by atoms with van der Waals surface area (Å²) in [5, 5.41) is 19.0. The summed E-state index contributed by atoms with van der Waals surface area (Å²) in [5.41, 5.74) is -0.133. The van der Waals surface area contributed by atoms with Crippen molar-refractivity contribution in [2.24, 2.45) is 0 Å². The molecule has 1 atom stereocenters. The molecule has 0 aliphatic rings. The Kier molecular flexibility index (Phi) is 4.37. The number of hydrogen-bond acceptors (Lipinski definition) is 4. The highest BCUT2D eigenvalue weighted by atomic mass is 16.5. The molecule has 0 aliphatic carbocycles. The first-order chi connectivity index (χ1) is 7.83. The first-order valence-electron chi connectivity index (χ1n) is 5.54. The summed E-state index contributed by atoms with van der Waals surface area (Å²) in [5.74, 6) is 1.10. The minimum absolute atomic E-state index is 0.178. The molecule has 0 aromatic heterocycles. The average molecular weight is 240 g/mol. The minimum Gasteiger partial charge on any atom is -0.493 e. The van der Waals surface area contributed by atoms with Gasteiger partial charge in [-0.25, -0.2) is 0 Å². The fraction of sp³-hybridized carbons (Fsp3) is 0.538. The van der Waals surface area contributed by atoms with Gasteiger partial charge in [-0.15, -0.1) is 0 Å². The lowest BCUT2D eigenvalue weighted by Gasteiger charge is -2.19. The lowest BCUT2D eigenvalue weighted by molar-refractivity contribution is 0.0276. The smallest absolute Gasteiger partial charge is 0.161 e. The molecule has 4 nitrogen and oxygen atoms in total. The van der Waals surface area contributed by atoms with Crippen molar-refractivity contribution in [2.75, 3.05) is 13.7 Å². The van der Waals surface area contributed by atoms with Gasteiger partial charge in [-0.2, -0.15) is 0 Å². The number of rotatable bonds is 5. The zero-order valence-corrected chi connectivity index (χ0v) is 10.7. The predicted octanol–water partition coefficient (Wildman–Crippen LogP) is 1.90. The van der Waals surface area contributed by atoms with Gasteiger partial charge < -0.3 is 19.7 Å². The second kappa shape index (κ2) is 5.38. The van der Waals surface area contributed by atoms with Crippen molar-refractivity contribution in [3.63, 3.8) is 0 Å². The van der Waals surface area contributed by atoms with E-state index in [2.05, 4.69) is 0 Å². The second-order valence-electron chi connectivity index (χ2n) is 4.69. The van der Waals surface area contributed by atoms with Crippen LogP contribution in [0.5, 0.6) is 11.5 Å². The molecule has 0 saturated heterocycles. The molecule has 0 bridgehead atoms. The maximum Gasteiger partial charge on any atom is 0.161 e. The van der Waals surface area contributed by atoms with E-state index in [-0.39, 0.29) is 6.61 Å². The Labute approximate surface area is 102 Å². The van der Waals surface area contributed by atoms with Crippen molar-refractivity contribution in [1.29, 1.82) is 0 Å². The van der Waals surface area contributed by atoms with Crippen LogP contribution in [0.3, 0.4) is 0 Å². The number of benzene rings is 1. The van der Waals surface area contributed by atoms with E-state index in [0.717, 1.165) is 5.56 Å². The van der Waals surface area contributed by atoms with Crippen LogP contribution in [0.4, 0.5) is 0 Å².